The molecule has 4 aromatic rings. The van der Waals surface area contributed by atoms with Gasteiger partial charge in [-0.25, -0.2) is 0 Å². The summed E-state index contributed by atoms with van der Waals surface area (Å²) in [6, 6.07) is 19.9. The fourth-order valence-corrected chi connectivity index (χ4v) is 4.76. The van der Waals surface area contributed by atoms with Gasteiger partial charge in [-0.2, -0.15) is 5.26 Å². The molecule has 0 aliphatic rings. The molecule has 0 fully saturated rings. The third-order valence-electron chi connectivity index (χ3n) is 7.11. The number of aromatic nitrogens is 4. The molecule has 0 amide bonds. The molecule has 4 heterocycles. The maximum absolute atomic E-state index is 10.9. The number of nitriles is 1. The quantitative estimate of drug-likeness (QED) is 0.0273. The van der Waals surface area contributed by atoms with Gasteiger partial charge in [-0.05, 0) is 48.0 Å². The lowest BCUT2D eigenvalue weighted by molar-refractivity contribution is -0.904. The average molecular weight is 960 g/mol. The number of rotatable bonds is 18. The summed E-state index contributed by atoms with van der Waals surface area (Å²) < 4.78 is 4.11. The van der Waals surface area contributed by atoms with Gasteiger partial charge in [0.15, 0.2) is 12.4 Å². The van der Waals surface area contributed by atoms with E-state index >= 15 is 0 Å². The maximum Gasteiger partial charge on any atom is 0.222 e. The van der Waals surface area contributed by atoms with Crippen LogP contribution in [0.2, 0.25) is 0 Å². The van der Waals surface area contributed by atoms with E-state index in [1.165, 1.54) is 87.9 Å². The predicted molar refractivity (Wildman–Crippen MR) is 217 cm³/mol. The highest BCUT2D eigenvalue weighted by molar-refractivity contribution is 14.1. The van der Waals surface area contributed by atoms with E-state index in [1.54, 1.807) is 78.3 Å². The number of unbranched alkanes of at least 4 members (excludes halogenated alkanes) is 12. The molecular formula is C41H63I2N6O4+. The van der Waals surface area contributed by atoms with Gasteiger partial charge >= 0.3 is 0 Å². The highest BCUT2D eigenvalue weighted by Crippen LogP contribution is 2.08. The maximum atomic E-state index is 10.9. The van der Waals surface area contributed by atoms with Gasteiger partial charge in [0.2, 0.25) is 24.8 Å². The molecule has 0 atom stereocenters. The Kier molecular flexibility index (Phi) is 44.0. The Balaban J connectivity index is -0.000000602. The number of Topliss-reactive ketones (excluding diaryl/α,β-unsaturated/α-hetero) is 1. The largest absolute Gasteiger partial charge is 1.00 e. The van der Waals surface area contributed by atoms with E-state index in [2.05, 4.69) is 46.4 Å². The molecule has 0 spiro atoms. The SMILES string of the molecule is CCCCCCCCCI.CCCCCCCCCO[n+]1ccccc1.N#[13C]c1ccncc1.NC[13C](=O)c1ccncc1.O.O[n+]1ccccc1.[I-]. The predicted octanol–water partition coefficient (Wildman–Crippen LogP) is 4.89. The number of hydrogen-bond acceptors (Lipinski definition) is 7. The van der Waals surface area contributed by atoms with Crippen LogP contribution < -0.4 is 44.0 Å². The van der Waals surface area contributed by atoms with Gasteiger partial charge in [0, 0.05) is 64.1 Å². The summed E-state index contributed by atoms with van der Waals surface area (Å²) in [5, 5.41) is 16.8. The molecule has 0 aliphatic carbocycles. The van der Waals surface area contributed by atoms with Crippen molar-refractivity contribution in [2.75, 3.05) is 17.6 Å². The second-order valence-electron chi connectivity index (χ2n) is 11.5. The molecule has 0 aliphatic heterocycles. The van der Waals surface area contributed by atoms with Crippen LogP contribution in [0, 0.1) is 11.3 Å². The van der Waals surface area contributed by atoms with E-state index in [0.717, 1.165) is 17.8 Å². The Morgan fingerprint density at radius 3 is 1.57 bits per heavy atom. The van der Waals surface area contributed by atoms with Crippen molar-refractivity contribution in [1.29, 1.82) is 5.26 Å². The van der Waals surface area contributed by atoms with Crippen molar-refractivity contribution in [3.8, 4) is 6.07 Å². The summed E-state index contributed by atoms with van der Waals surface area (Å²) >= 11 is 2.46. The lowest BCUT2D eigenvalue weighted by atomic mass is 10.1. The third-order valence-corrected chi connectivity index (χ3v) is 7.87. The van der Waals surface area contributed by atoms with Crippen LogP contribution in [-0.2, 0) is 0 Å². The first-order valence-electron chi connectivity index (χ1n) is 18.3. The number of pyridine rings is 4. The molecule has 12 heteroatoms. The highest BCUT2D eigenvalue weighted by atomic mass is 127. The van der Waals surface area contributed by atoms with Crippen LogP contribution in [0.3, 0.4) is 0 Å². The lowest BCUT2D eigenvalue weighted by Crippen LogP contribution is -3.00. The van der Waals surface area contributed by atoms with Crippen molar-refractivity contribution in [3.63, 3.8) is 0 Å². The van der Waals surface area contributed by atoms with Crippen molar-refractivity contribution in [2.24, 2.45) is 5.73 Å². The molecular weight excluding hydrogens is 896 g/mol. The van der Waals surface area contributed by atoms with Gasteiger partial charge in [-0.3, -0.25) is 24.8 Å². The minimum absolute atomic E-state index is 0. The Labute approximate surface area is 349 Å². The summed E-state index contributed by atoms with van der Waals surface area (Å²) in [6.45, 7) is 5.40. The minimum Gasteiger partial charge on any atom is -1.00 e. The molecule has 4 rings (SSSR count). The third kappa shape index (κ3) is 36.9. The second kappa shape index (κ2) is 43.1. The van der Waals surface area contributed by atoms with Crippen LogP contribution in [0.1, 0.15) is 120 Å². The Bertz CT molecular complexity index is 1330. The normalized spacial score (nSPS) is 9.11. The number of ketones is 1. The fourth-order valence-electron chi connectivity index (χ4n) is 4.22. The zero-order valence-electron chi connectivity index (χ0n) is 31.7. The number of alkyl halides is 1. The van der Waals surface area contributed by atoms with Crippen LogP contribution in [-0.4, -0.2) is 44.0 Å². The molecule has 0 saturated carbocycles. The average Bonchev–Trinajstić information content (AvgIpc) is 3.19. The number of nitrogens with two attached hydrogens (primary N) is 1. The summed E-state index contributed by atoms with van der Waals surface area (Å²) in [5.74, 6) is -0.0533. The van der Waals surface area contributed by atoms with Crippen LogP contribution >= 0.6 is 22.6 Å². The van der Waals surface area contributed by atoms with E-state index in [0.29, 0.717) is 11.1 Å². The molecule has 0 radical (unpaired) electrons. The monoisotopic (exact) mass is 959 g/mol. The van der Waals surface area contributed by atoms with E-state index in [4.69, 9.17) is 21.0 Å². The highest BCUT2D eigenvalue weighted by Gasteiger charge is 2.00. The Morgan fingerprint density at radius 1 is 0.736 bits per heavy atom. The van der Waals surface area contributed by atoms with E-state index in [9.17, 15) is 4.79 Å². The van der Waals surface area contributed by atoms with Crippen molar-refractivity contribution in [2.45, 2.75) is 104 Å². The molecule has 0 unspecified atom stereocenters. The number of nitrogens with zero attached hydrogens (tertiary/aromatic N) is 5. The fraction of sp³-hybridized carbons (Fsp3) is 0.463. The van der Waals surface area contributed by atoms with E-state index in [-0.39, 0.29) is 41.8 Å². The number of halogens is 2. The lowest BCUT2D eigenvalue weighted by Gasteiger charge is -2.00. The van der Waals surface area contributed by atoms with E-state index in [1.807, 2.05) is 42.7 Å². The Morgan fingerprint density at radius 2 is 1.17 bits per heavy atom. The number of carbonyl (C=O) groups is 1. The van der Waals surface area contributed by atoms with Gasteiger partial charge in [0.25, 0.3) is 0 Å². The van der Waals surface area contributed by atoms with Gasteiger partial charge in [0.1, 0.15) is 0 Å². The molecule has 10 nitrogen and oxygen atoms in total. The summed E-state index contributed by atoms with van der Waals surface area (Å²) in [7, 11) is 0. The number of carbonyl (C=O) groups excluding carboxylic acids is 1. The van der Waals surface area contributed by atoms with Gasteiger partial charge in [-0.1, -0.05) is 119 Å². The molecule has 53 heavy (non-hydrogen) atoms. The summed E-state index contributed by atoms with van der Waals surface area (Å²) in [5.41, 5.74) is 6.41. The van der Waals surface area contributed by atoms with Crippen molar-refractivity contribution in [1.82, 2.24) is 9.97 Å². The first-order chi connectivity index (χ1) is 25.0. The zero-order chi connectivity index (χ0) is 37.5. The van der Waals surface area contributed by atoms with Gasteiger partial charge in [0.05, 0.1) is 18.2 Å². The minimum atomic E-state index is -0.0533. The molecule has 294 valence electrons. The topological polar surface area (TPSA) is 161 Å². The summed E-state index contributed by atoms with van der Waals surface area (Å²) in [4.78, 5) is 23.9. The Hall–Kier alpha value is -3.26. The molecule has 0 saturated heterocycles. The van der Waals surface area contributed by atoms with Crippen molar-refractivity contribution >= 4 is 28.4 Å². The smallest absolute Gasteiger partial charge is 0.222 e. The van der Waals surface area contributed by atoms with Crippen LogP contribution in [0.5, 0.6) is 0 Å². The first kappa shape index (κ1) is 54.1. The van der Waals surface area contributed by atoms with Gasteiger partial charge < -0.3 is 35.2 Å². The molecule has 0 aromatic carbocycles. The molecule has 4 aromatic heterocycles. The van der Waals surface area contributed by atoms with Crippen molar-refractivity contribution in [3.05, 3.63) is 121 Å². The van der Waals surface area contributed by atoms with Crippen LogP contribution in [0.25, 0.3) is 0 Å². The van der Waals surface area contributed by atoms with Crippen LogP contribution in [0.4, 0.5) is 0 Å². The summed E-state index contributed by atoms with van der Waals surface area (Å²) in [6.07, 6.45) is 32.7. The van der Waals surface area contributed by atoms with Crippen LogP contribution in [0.15, 0.2) is 110 Å². The standard InChI is InChI=1S/C14H24NO.C9H19I.C7H8N2O.C6H4N2.C5H6NO.HI.H2O/c1-2-3-4-5-6-7-11-14-16-15-12-9-8-10-13-15;1-2-3-4-5-6-7-8-9-10;8-5-7(10)6-1-3-9-4-2-6;7-5-6-1-3-8-4-2-6;7-6-4-2-1-3-5-6;;/h8-10,12-13H,2-7,11,14H2,1H3;2-9H2,1H3;1-4H,5,8H2;1-4H;1-5,7H;1H;1H2/q+1;;;;+1;;/p-1/i;;7+1;5+1;;;. The zero-order valence-corrected chi connectivity index (χ0v) is 36.1. The first-order valence-corrected chi connectivity index (χ1v) is 19.8. The van der Waals surface area contributed by atoms with Gasteiger partial charge in [-0.15, -0.1) is 0 Å². The molecule has 0 bridgehead atoms. The molecule has 5 N–H and O–H groups in total. The number of hydrogen-bond donors (Lipinski definition) is 2. The van der Waals surface area contributed by atoms with Crippen molar-refractivity contribution < 1.29 is 53.8 Å². The second-order valence-corrected chi connectivity index (χ2v) is 12.5. The van der Waals surface area contributed by atoms with E-state index < -0.39 is 0 Å².